The summed E-state index contributed by atoms with van der Waals surface area (Å²) >= 11 is 0. The van der Waals surface area contributed by atoms with E-state index in [0.717, 1.165) is 0 Å². The molecule has 0 radical (unpaired) electrons. The van der Waals surface area contributed by atoms with Gasteiger partial charge in [0.2, 0.25) is 11.8 Å². The number of methoxy groups -OCH3 is 2. The van der Waals surface area contributed by atoms with Crippen LogP contribution in [0.2, 0.25) is 0 Å². The maximum absolute atomic E-state index is 12.2. The average molecular weight is 324 g/mol. The van der Waals surface area contributed by atoms with Gasteiger partial charge in [-0.2, -0.15) is 9.97 Å². The number of carbonyl (C=O) groups excluding carboxylic acids is 2. The number of hydrogen-bond acceptors (Lipinski definition) is 7. The quantitative estimate of drug-likeness (QED) is 0.776. The SMILES string of the molecule is COc1cc(C(=O)NC[C@H]2CN(C(C)=O)CCO2)nc(OC)n1. The standard InChI is InChI=1S/C14H20N4O5/c1-9(19)18-4-5-23-10(8-18)7-15-13(20)11-6-12(21-2)17-14(16-11)22-3/h6,10H,4-5,7-8H2,1-3H3,(H,15,20)/t10-/m0/s1. The van der Waals surface area contributed by atoms with E-state index in [-0.39, 0.29) is 36.1 Å². The first kappa shape index (κ1) is 16.9. The van der Waals surface area contributed by atoms with Crippen LogP contribution in [-0.2, 0) is 9.53 Å². The zero-order valence-electron chi connectivity index (χ0n) is 13.4. The van der Waals surface area contributed by atoms with Crippen LogP contribution >= 0.6 is 0 Å². The Morgan fingerprint density at radius 1 is 1.39 bits per heavy atom. The molecule has 9 heteroatoms. The monoisotopic (exact) mass is 324 g/mol. The molecule has 2 amide bonds. The molecule has 1 fully saturated rings. The highest BCUT2D eigenvalue weighted by molar-refractivity contribution is 5.92. The maximum atomic E-state index is 12.2. The Bertz CT molecular complexity index is 558. The molecule has 2 heterocycles. The fraction of sp³-hybridized carbons (Fsp3) is 0.571. The largest absolute Gasteiger partial charge is 0.481 e. The molecular formula is C14H20N4O5. The summed E-state index contributed by atoms with van der Waals surface area (Å²) in [6.45, 7) is 3.26. The Hall–Kier alpha value is -2.42. The molecule has 0 spiro atoms. The number of nitrogens with one attached hydrogen (secondary N) is 1. The Morgan fingerprint density at radius 2 is 2.17 bits per heavy atom. The second kappa shape index (κ2) is 7.73. The normalized spacial score (nSPS) is 17.5. The summed E-state index contributed by atoms with van der Waals surface area (Å²) in [4.78, 5) is 33.2. The summed E-state index contributed by atoms with van der Waals surface area (Å²) in [5, 5.41) is 2.73. The molecule has 0 aliphatic carbocycles. The number of nitrogens with zero attached hydrogens (tertiary/aromatic N) is 3. The minimum Gasteiger partial charge on any atom is -0.481 e. The summed E-state index contributed by atoms with van der Waals surface area (Å²) in [6.07, 6.45) is -0.248. The fourth-order valence-electron chi connectivity index (χ4n) is 2.14. The van der Waals surface area contributed by atoms with E-state index < -0.39 is 5.91 Å². The van der Waals surface area contributed by atoms with E-state index in [1.165, 1.54) is 27.2 Å². The third-order valence-corrected chi connectivity index (χ3v) is 3.38. The molecule has 1 aliphatic heterocycles. The van der Waals surface area contributed by atoms with Crippen molar-refractivity contribution in [2.75, 3.05) is 40.5 Å². The van der Waals surface area contributed by atoms with Gasteiger partial charge in [-0.15, -0.1) is 0 Å². The van der Waals surface area contributed by atoms with Gasteiger partial charge in [0.1, 0.15) is 5.69 Å². The lowest BCUT2D eigenvalue weighted by atomic mass is 10.2. The van der Waals surface area contributed by atoms with Crippen LogP contribution in [-0.4, -0.2) is 73.2 Å². The highest BCUT2D eigenvalue weighted by Crippen LogP contribution is 2.13. The van der Waals surface area contributed by atoms with Gasteiger partial charge in [-0.25, -0.2) is 0 Å². The van der Waals surface area contributed by atoms with Crippen molar-refractivity contribution in [3.8, 4) is 11.9 Å². The van der Waals surface area contributed by atoms with Gasteiger partial charge in [0.25, 0.3) is 5.91 Å². The highest BCUT2D eigenvalue weighted by Gasteiger charge is 2.23. The predicted molar refractivity (Wildman–Crippen MR) is 79.5 cm³/mol. The third kappa shape index (κ3) is 4.52. The Labute approximate surface area is 133 Å². The van der Waals surface area contributed by atoms with E-state index in [2.05, 4.69) is 15.3 Å². The van der Waals surface area contributed by atoms with Crippen molar-refractivity contribution in [3.63, 3.8) is 0 Å². The lowest BCUT2D eigenvalue weighted by Crippen LogP contribution is -2.49. The molecule has 0 saturated carbocycles. The smallest absolute Gasteiger partial charge is 0.320 e. The zero-order valence-corrected chi connectivity index (χ0v) is 13.4. The number of ether oxygens (including phenoxy) is 3. The van der Waals surface area contributed by atoms with Gasteiger partial charge in [0.05, 0.1) is 26.9 Å². The first-order valence-electron chi connectivity index (χ1n) is 7.16. The molecule has 1 atom stereocenters. The number of carbonyl (C=O) groups is 2. The predicted octanol–water partition coefficient (Wildman–Crippen LogP) is -0.529. The van der Waals surface area contributed by atoms with Gasteiger partial charge in [-0.3, -0.25) is 9.59 Å². The lowest BCUT2D eigenvalue weighted by molar-refractivity contribution is -0.136. The second-order valence-electron chi connectivity index (χ2n) is 4.95. The van der Waals surface area contributed by atoms with E-state index in [1.54, 1.807) is 4.90 Å². The van der Waals surface area contributed by atoms with Gasteiger partial charge in [0, 0.05) is 32.6 Å². The first-order chi connectivity index (χ1) is 11.0. The highest BCUT2D eigenvalue weighted by atomic mass is 16.5. The Kier molecular flexibility index (Phi) is 5.69. The van der Waals surface area contributed by atoms with Gasteiger partial charge >= 0.3 is 6.01 Å². The van der Waals surface area contributed by atoms with Crippen LogP contribution in [0.5, 0.6) is 11.9 Å². The van der Waals surface area contributed by atoms with Crippen molar-refractivity contribution in [1.29, 1.82) is 0 Å². The fourth-order valence-corrected chi connectivity index (χ4v) is 2.14. The molecule has 1 aromatic heterocycles. The maximum Gasteiger partial charge on any atom is 0.320 e. The van der Waals surface area contributed by atoms with E-state index in [0.29, 0.717) is 19.7 Å². The van der Waals surface area contributed by atoms with Crippen LogP contribution < -0.4 is 14.8 Å². The summed E-state index contributed by atoms with van der Waals surface area (Å²) in [5.41, 5.74) is 0.132. The van der Waals surface area contributed by atoms with Crippen LogP contribution in [0.15, 0.2) is 6.07 Å². The molecule has 1 saturated heterocycles. The summed E-state index contributed by atoms with van der Waals surface area (Å²) in [5.74, 6) is -0.166. The molecule has 0 bridgehead atoms. The third-order valence-electron chi connectivity index (χ3n) is 3.38. The zero-order chi connectivity index (χ0) is 16.8. The van der Waals surface area contributed by atoms with Crippen molar-refractivity contribution < 1.29 is 23.8 Å². The van der Waals surface area contributed by atoms with E-state index in [4.69, 9.17) is 14.2 Å². The van der Waals surface area contributed by atoms with Crippen molar-refractivity contribution in [2.24, 2.45) is 0 Å². The molecule has 1 N–H and O–H groups in total. The second-order valence-corrected chi connectivity index (χ2v) is 4.95. The van der Waals surface area contributed by atoms with Crippen LogP contribution in [0.1, 0.15) is 17.4 Å². The van der Waals surface area contributed by atoms with Crippen molar-refractivity contribution in [1.82, 2.24) is 20.2 Å². The van der Waals surface area contributed by atoms with Gasteiger partial charge < -0.3 is 24.4 Å². The molecule has 0 aromatic carbocycles. The molecule has 9 nitrogen and oxygen atoms in total. The van der Waals surface area contributed by atoms with E-state index in [9.17, 15) is 9.59 Å². The topological polar surface area (TPSA) is 103 Å². The van der Waals surface area contributed by atoms with E-state index >= 15 is 0 Å². The lowest BCUT2D eigenvalue weighted by Gasteiger charge is -2.32. The molecule has 23 heavy (non-hydrogen) atoms. The van der Waals surface area contributed by atoms with Crippen LogP contribution in [0.25, 0.3) is 0 Å². The molecular weight excluding hydrogens is 304 g/mol. The average Bonchev–Trinajstić information content (AvgIpc) is 2.59. The summed E-state index contributed by atoms with van der Waals surface area (Å²) in [6, 6.07) is 1.47. The number of rotatable bonds is 5. The van der Waals surface area contributed by atoms with Crippen LogP contribution in [0, 0.1) is 0 Å². The van der Waals surface area contributed by atoms with Crippen molar-refractivity contribution in [3.05, 3.63) is 11.8 Å². The first-order valence-corrected chi connectivity index (χ1v) is 7.16. The van der Waals surface area contributed by atoms with E-state index in [1.807, 2.05) is 0 Å². The molecule has 1 aromatic rings. The molecule has 2 rings (SSSR count). The van der Waals surface area contributed by atoms with Crippen LogP contribution in [0.3, 0.4) is 0 Å². The number of amides is 2. The Morgan fingerprint density at radius 3 is 2.83 bits per heavy atom. The minimum absolute atomic E-state index is 0.00472. The number of morpholine rings is 1. The summed E-state index contributed by atoms with van der Waals surface area (Å²) < 4.78 is 15.5. The Balaban J connectivity index is 1.95. The molecule has 126 valence electrons. The molecule has 1 aliphatic rings. The van der Waals surface area contributed by atoms with Gasteiger partial charge in [-0.05, 0) is 0 Å². The van der Waals surface area contributed by atoms with Crippen molar-refractivity contribution >= 4 is 11.8 Å². The van der Waals surface area contributed by atoms with Crippen LogP contribution in [0.4, 0.5) is 0 Å². The van der Waals surface area contributed by atoms with Gasteiger partial charge in [0.15, 0.2) is 0 Å². The summed E-state index contributed by atoms with van der Waals surface area (Å²) in [7, 11) is 2.85. The number of hydrogen-bond donors (Lipinski definition) is 1. The number of aromatic nitrogens is 2. The molecule has 0 unspecified atom stereocenters. The van der Waals surface area contributed by atoms with Gasteiger partial charge in [-0.1, -0.05) is 0 Å². The minimum atomic E-state index is -0.396. The van der Waals surface area contributed by atoms with Crippen molar-refractivity contribution in [2.45, 2.75) is 13.0 Å².